The molecule has 1 amide bonds. The third-order valence-corrected chi connectivity index (χ3v) is 7.96. The molecule has 0 radical (unpaired) electrons. The van der Waals surface area contributed by atoms with Crippen molar-refractivity contribution in [1.82, 2.24) is 13.9 Å². The van der Waals surface area contributed by atoms with Gasteiger partial charge in [0.2, 0.25) is 21.9 Å². The number of benzene rings is 3. The first-order chi connectivity index (χ1) is 18.2. The standard InChI is InChI=1S/C28H30N4O5S/c1-5-31(38(34,35)25-16-14-24(37-4)15-17-25)19-27(33)30-28-29-26(21-8-12-23(36-3)13-9-21)18-32(28)22-10-6-20(2)7-11-22/h6-18H,5,19H2,1-4H3,(H,29,30,33). The van der Waals surface area contributed by atoms with Crippen molar-refractivity contribution >= 4 is 21.9 Å². The lowest BCUT2D eigenvalue weighted by Gasteiger charge is -2.20. The van der Waals surface area contributed by atoms with Crippen LogP contribution in [0.25, 0.3) is 16.9 Å². The number of imidazole rings is 1. The number of sulfonamides is 1. The quantitative estimate of drug-likeness (QED) is 0.321. The molecule has 0 aliphatic rings. The number of methoxy groups -OCH3 is 2. The lowest BCUT2D eigenvalue weighted by molar-refractivity contribution is -0.116. The maximum absolute atomic E-state index is 13.2. The van der Waals surface area contributed by atoms with Crippen LogP contribution in [-0.2, 0) is 14.8 Å². The van der Waals surface area contributed by atoms with Gasteiger partial charge in [-0.2, -0.15) is 4.31 Å². The Bertz CT molecular complexity index is 1500. The third kappa shape index (κ3) is 5.87. The van der Waals surface area contributed by atoms with Gasteiger partial charge >= 0.3 is 0 Å². The fourth-order valence-electron chi connectivity index (χ4n) is 3.86. The van der Waals surface area contributed by atoms with Crippen LogP contribution in [0.4, 0.5) is 5.95 Å². The average Bonchev–Trinajstić information content (AvgIpc) is 3.35. The molecule has 4 aromatic rings. The van der Waals surface area contributed by atoms with Crippen LogP contribution in [0.1, 0.15) is 12.5 Å². The van der Waals surface area contributed by atoms with Crippen molar-refractivity contribution in [2.75, 3.05) is 32.6 Å². The number of hydrogen-bond acceptors (Lipinski definition) is 6. The van der Waals surface area contributed by atoms with Crippen molar-refractivity contribution in [3.63, 3.8) is 0 Å². The van der Waals surface area contributed by atoms with Crippen LogP contribution >= 0.6 is 0 Å². The van der Waals surface area contributed by atoms with Gasteiger partial charge in [0.25, 0.3) is 0 Å². The normalized spacial score (nSPS) is 11.4. The summed E-state index contributed by atoms with van der Waals surface area (Å²) in [6.45, 7) is 3.42. The first kappa shape index (κ1) is 26.9. The fourth-order valence-corrected chi connectivity index (χ4v) is 5.26. The lowest BCUT2D eigenvalue weighted by Crippen LogP contribution is -2.38. The van der Waals surface area contributed by atoms with E-state index in [1.807, 2.05) is 61.7 Å². The largest absolute Gasteiger partial charge is 0.497 e. The van der Waals surface area contributed by atoms with Crippen molar-refractivity contribution < 1.29 is 22.7 Å². The SMILES string of the molecule is CCN(CC(=O)Nc1nc(-c2ccc(OC)cc2)cn1-c1ccc(C)cc1)S(=O)(=O)c1ccc(OC)cc1. The number of anilines is 1. The number of likely N-dealkylation sites (N-methyl/N-ethyl adjacent to an activating group) is 1. The summed E-state index contributed by atoms with van der Waals surface area (Å²) < 4.78 is 39.6. The zero-order chi connectivity index (χ0) is 27.3. The van der Waals surface area contributed by atoms with E-state index in [1.165, 1.54) is 19.2 Å². The monoisotopic (exact) mass is 534 g/mol. The van der Waals surface area contributed by atoms with Gasteiger partial charge in [-0.3, -0.25) is 14.7 Å². The summed E-state index contributed by atoms with van der Waals surface area (Å²) >= 11 is 0. The Kier molecular flexibility index (Phi) is 8.13. The van der Waals surface area contributed by atoms with Crippen LogP contribution in [0.3, 0.4) is 0 Å². The predicted octanol–water partition coefficient (Wildman–Crippen LogP) is 4.51. The van der Waals surface area contributed by atoms with Gasteiger partial charge in [0.15, 0.2) is 0 Å². The zero-order valence-electron chi connectivity index (χ0n) is 21.7. The molecule has 0 saturated carbocycles. The number of nitrogens with zero attached hydrogens (tertiary/aromatic N) is 3. The van der Waals surface area contributed by atoms with E-state index in [9.17, 15) is 13.2 Å². The molecule has 0 bridgehead atoms. The minimum Gasteiger partial charge on any atom is -0.497 e. The van der Waals surface area contributed by atoms with Crippen molar-refractivity contribution in [3.05, 3.63) is 84.6 Å². The smallest absolute Gasteiger partial charge is 0.243 e. The van der Waals surface area contributed by atoms with E-state index in [4.69, 9.17) is 9.47 Å². The average molecular weight is 535 g/mol. The van der Waals surface area contributed by atoms with Gasteiger partial charge in [0.05, 0.1) is 31.4 Å². The van der Waals surface area contributed by atoms with Gasteiger partial charge in [-0.05, 0) is 67.6 Å². The molecule has 10 heteroatoms. The van der Waals surface area contributed by atoms with Gasteiger partial charge in [-0.25, -0.2) is 13.4 Å². The Morgan fingerprint density at radius 3 is 2.05 bits per heavy atom. The number of aryl methyl sites for hydroxylation is 1. The molecule has 198 valence electrons. The van der Waals surface area contributed by atoms with E-state index in [2.05, 4.69) is 10.3 Å². The lowest BCUT2D eigenvalue weighted by atomic mass is 10.1. The molecule has 0 spiro atoms. The molecular formula is C28H30N4O5S. The van der Waals surface area contributed by atoms with E-state index in [1.54, 1.807) is 30.7 Å². The van der Waals surface area contributed by atoms with Gasteiger partial charge in [0, 0.05) is 24.0 Å². The molecule has 4 rings (SSSR count). The van der Waals surface area contributed by atoms with Gasteiger partial charge in [0.1, 0.15) is 11.5 Å². The number of hydrogen-bond donors (Lipinski definition) is 1. The Morgan fingerprint density at radius 2 is 1.50 bits per heavy atom. The van der Waals surface area contributed by atoms with E-state index >= 15 is 0 Å². The Balaban J connectivity index is 1.61. The highest BCUT2D eigenvalue weighted by atomic mass is 32.2. The molecule has 0 aliphatic carbocycles. The number of ether oxygens (including phenoxy) is 2. The minimum absolute atomic E-state index is 0.0795. The van der Waals surface area contributed by atoms with Crippen molar-refractivity contribution in [2.24, 2.45) is 0 Å². The number of amides is 1. The Morgan fingerprint density at radius 1 is 0.921 bits per heavy atom. The number of aromatic nitrogens is 2. The highest BCUT2D eigenvalue weighted by molar-refractivity contribution is 7.89. The van der Waals surface area contributed by atoms with Crippen LogP contribution in [0, 0.1) is 6.92 Å². The molecule has 1 N–H and O–H groups in total. The topological polar surface area (TPSA) is 103 Å². The second-order valence-electron chi connectivity index (χ2n) is 8.54. The third-order valence-electron chi connectivity index (χ3n) is 6.02. The van der Waals surface area contributed by atoms with E-state index in [0.717, 1.165) is 26.9 Å². The van der Waals surface area contributed by atoms with Crippen LogP contribution < -0.4 is 14.8 Å². The van der Waals surface area contributed by atoms with Crippen LogP contribution in [0.15, 0.2) is 83.9 Å². The summed E-state index contributed by atoms with van der Waals surface area (Å²) in [5, 5.41) is 2.81. The highest BCUT2D eigenvalue weighted by Gasteiger charge is 2.26. The zero-order valence-corrected chi connectivity index (χ0v) is 22.5. The summed E-state index contributed by atoms with van der Waals surface area (Å²) in [5.41, 5.74) is 3.37. The molecule has 38 heavy (non-hydrogen) atoms. The molecule has 0 saturated heterocycles. The molecular weight excluding hydrogens is 504 g/mol. The molecule has 0 aliphatic heterocycles. The molecule has 1 aromatic heterocycles. The first-order valence-corrected chi connectivity index (χ1v) is 13.4. The summed E-state index contributed by atoms with van der Waals surface area (Å²) in [4.78, 5) is 17.9. The minimum atomic E-state index is -3.90. The fraction of sp³-hybridized carbons (Fsp3) is 0.214. The summed E-state index contributed by atoms with van der Waals surface area (Å²) in [5.74, 6) is 1.03. The number of nitrogens with one attached hydrogen (secondary N) is 1. The molecule has 0 unspecified atom stereocenters. The maximum Gasteiger partial charge on any atom is 0.243 e. The molecule has 1 heterocycles. The van der Waals surface area contributed by atoms with Crippen LogP contribution in [0.5, 0.6) is 11.5 Å². The van der Waals surface area contributed by atoms with Crippen LogP contribution in [0.2, 0.25) is 0 Å². The van der Waals surface area contributed by atoms with Crippen molar-refractivity contribution in [3.8, 4) is 28.4 Å². The van der Waals surface area contributed by atoms with Crippen LogP contribution in [-0.4, -0.2) is 55.5 Å². The Hall–Kier alpha value is -4.15. The number of carbonyl (C=O) groups excluding carboxylic acids is 1. The second kappa shape index (κ2) is 11.5. The van der Waals surface area contributed by atoms with Gasteiger partial charge < -0.3 is 9.47 Å². The number of carbonyl (C=O) groups is 1. The summed E-state index contributed by atoms with van der Waals surface area (Å²) in [6, 6.07) is 21.3. The first-order valence-electron chi connectivity index (χ1n) is 12.0. The maximum atomic E-state index is 13.2. The van der Waals surface area contributed by atoms with Crippen molar-refractivity contribution in [2.45, 2.75) is 18.7 Å². The summed E-state index contributed by atoms with van der Waals surface area (Å²) in [7, 11) is -0.790. The molecule has 9 nitrogen and oxygen atoms in total. The van der Waals surface area contributed by atoms with E-state index in [-0.39, 0.29) is 23.9 Å². The highest BCUT2D eigenvalue weighted by Crippen LogP contribution is 2.26. The predicted molar refractivity (Wildman–Crippen MR) is 146 cm³/mol. The Labute approximate surface area is 222 Å². The van der Waals surface area contributed by atoms with Gasteiger partial charge in [-0.15, -0.1) is 0 Å². The summed E-state index contributed by atoms with van der Waals surface area (Å²) in [6.07, 6.45) is 1.83. The van der Waals surface area contributed by atoms with Crippen molar-refractivity contribution in [1.29, 1.82) is 0 Å². The van der Waals surface area contributed by atoms with E-state index in [0.29, 0.717) is 11.4 Å². The molecule has 0 fully saturated rings. The van der Waals surface area contributed by atoms with E-state index < -0.39 is 15.9 Å². The molecule has 3 aromatic carbocycles. The molecule has 0 atom stereocenters. The number of rotatable bonds is 10. The second-order valence-corrected chi connectivity index (χ2v) is 10.5. The van der Waals surface area contributed by atoms with Gasteiger partial charge in [-0.1, -0.05) is 24.6 Å².